The lowest BCUT2D eigenvalue weighted by Crippen LogP contribution is -2.30. The fourth-order valence-electron chi connectivity index (χ4n) is 1.50. The molecule has 0 fully saturated rings. The fraction of sp³-hybridized carbons (Fsp3) is 0.462. The average Bonchev–Trinajstić information content (AvgIpc) is 2.28. The molecule has 0 spiro atoms. The van der Waals surface area contributed by atoms with Crippen molar-refractivity contribution in [2.75, 3.05) is 13.6 Å². The standard InChI is InChI=1S/C13H19NO2/c1-4-10(2)9-14(3)13(16)11-5-7-12(15)8-6-11/h5-8,10,15H,4,9H2,1-3H3. The molecule has 0 heterocycles. The SMILES string of the molecule is CCC(C)CN(C)C(=O)c1ccc(O)cc1. The van der Waals surface area contributed by atoms with Crippen LogP contribution >= 0.6 is 0 Å². The second-order valence-corrected chi connectivity index (χ2v) is 4.25. The summed E-state index contributed by atoms with van der Waals surface area (Å²) in [6, 6.07) is 6.35. The van der Waals surface area contributed by atoms with Crippen molar-refractivity contribution in [1.82, 2.24) is 4.90 Å². The zero-order valence-electron chi connectivity index (χ0n) is 10.1. The molecule has 0 aromatic heterocycles. The van der Waals surface area contributed by atoms with Gasteiger partial charge >= 0.3 is 0 Å². The predicted molar refractivity (Wildman–Crippen MR) is 64.5 cm³/mol. The Morgan fingerprint density at radius 1 is 1.38 bits per heavy atom. The van der Waals surface area contributed by atoms with E-state index >= 15 is 0 Å². The summed E-state index contributed by atoms with van der Waals surface area (Å²) >= 11 is 0. The molecule has 0 aliphatic carbocycles. The minimum atomic E-state index is 0.000278. The van der Waals surface area contributed by atoms with Crippen LogP contribution in [0.2, 0.25) is 0 Å². The Morgan fingerprint density at radius 3 is 2.44 bits per heavy atom. The van der Waals surface area contributed by atoms with E-state index in [4.69, 9.17) is 5.11 Å². The molecule has 3 nitrogen and oxygen atoms in total. The minimum Gasteiger partial charge on any atom is -0.508 e. The number of hydrogen-bond acceptors (Lipinski definition) is 2. The van der Waals surface area contributed by atoms with E-state index in [1.165, 1.54) is 12.1 Å². The van der Waals surface area contributed by atoms with Gasteiger partial charge in [0.1, 0.15) is 5.75 Å². The Hall–Kier alpha value is -1.51. The van der Waals surface area contributed by atoms with Crippen molar-refractivity contribution in [2.45, 2.75) is 20.3 Å². The van der Waals surface area contributed by atoms with Gasteiger partial charge in [-0.2, -0.15) is 0 Å². The maximum Gasteiger partial charge on any atom is 0.253 e. The van der Waals surface area contributed by atoms with Gasteiger partial charge in [-0.1, -0.05) is 20.3 Å². The number of benzene rings is 1. The van der Waals surface area contributed by atoms with Crippen molar-refractivity contribution < 1.29 is 9.90 Å². The fourth-order valence-corrected chi connectivity index (χ4v) is 1.50. The van der Waals surface area contributed by atoms with E-state index in [-0.39, 0.29) is 11.7 Å². The maximum absolute atomic E-state index is 12.0. The van der Waals surface area contributed by atoms with Gasteiger partial charge < -0.3 is 10.0 Å². The van der Waals surface area contributed by atoms with Crippen molar-refractivity contribution in [2.24, 2.45) is 5.92 Å². The van der Waals surface area contributed by atoms with Crippen LogP contribution in [0.15, 0.2) is 24.3 Å². The normalized spacial score (nSPS) is 12.2. The van der Waals surface area contributed by atoms with E-state index in [0.717, 1.165) is 13.0 Å². The van der Waals surface area contributed by atoms with Crippen LogP contribution in [0, 0.1) is 5.92 Å². The predicted octanol–water partition coefficient (Wildman–Crippen LogP) is 2.51. The van der Waals surface area contributed by atoms with Crippen LogP contribution in [0.4, 0.5) is 0 Å². The second kappa shape index (κ2) is 5.54. The van der Waals surface area contributed by atoms with Crippen molar-refractivity contribution >= 4 is 5.91 Å². The molecule has 1 aromatic rings. The van der Waals surface area contributed by atoms with Gasteiger partial charge in [0, 0.05) is 19.2 Å². The highest BCUT2D eigenvalue weighted by atomic mass is 16.3. The van der Waals surface area contributed by atoms with Crippen LogP contribution in [0.5, 0.6) is 5.75 Å². The highest BCUT2D eigenvalue weighted by Gasteiger charge is 2.13. The van der Waals surface area contributed by atoms with Gasteiger partial charge in [-0.05, 0) is 30.2 Å². The summed E-state index contributed by atoms with van der Waals surface area (Å²) in [7, 11) is 1.81. The van der Waals surface area contributed by atoms with Crippen LogP contribution in [0.1, 0.15) is 30.6 Å². The van der Waals surface area contributed by atoms with Crippen LogP contribution in [-0.2, 0) is 0 Å². The van der Waals surface area contributed by atoms with Gasteiger partial charge in [0.15, 0.2) is 0 Å². The lowest BCUT2D eigenvalue weighted by molar-refractivity contribution is 0.0775. The Balaban J connectivity index is 2.67. The molecule has 1 rings (SSSR count). The van der Waals surface area contributed by atoms with E-state index < -0.39 is 0 Å². The summed E-state index contributed by atoms with van der Waals surface area (Å²) in [4.78, 5) is 13.7. The van der Waals surface area contributed by atoms with Gasteiger partial charge in [-0.25, -0.2) is 0 Å². The first-order chi connectivity index (χ1) is 7.54. The van der Waals surface area contributed by atoms with Crippen molar-refractivity contribution in [3.8, 4) is 5.75 Å². The summed E-state index contributed by atoms with van der Waals surface area (Å²) < 4.78 is 0. The Morgan fingerprint density at radius 2 is 1.94 bits per heavy atom. The lowest BCUT2D eigenvalue weighted by atomic mass is 10.1. The molecule has 0 saturated carbocycles. The van der Waals surface area contributed by atoms with E-state index in [1.54, 1.807) is 24.1 Å². The van der Waals surface area contributed by atoms with Crippen LogP contribution in [0.3, 0.4) is 0 Å². The van der Waals surface area contributed by atoms with Gasteiger partial charge in [0.25, 0.3) is 5.91 Å². The molecule has 1 amide bonds. The summed E-state index contributed by atoms with van der Waals surface area (Å²) in [5.74, 6) is 0.687. The number of carbonyl (C=O) groups excluding carboxylic acids is 1. The van der Waals surface area contributed by atoms with Gasteiger partial charge in [0.05, 0.1) is 0 Å². The van der Waals surface area contributed by atoms with E-state index in [9.17, 15) is 4.79 Å². The van der Waals surface area contributed by atoms with Crippen molar-refractivity contribution in [1.29, 1.82) is 0 Å². The number of phenols is 1. The molecular formula is C13H19NO2. The van der Waals surface area contributed by atoms with Crippen LogP contribution in [0.25, 0.3) is 0 Å². The molecule has 1 aromatic carbocycles. The first kappa shape index (κ1) is 12.6. The molecular weight excluding hydrogens is 202 g/mol. The molecule has 0 bridgehead atoms. The molecule has 0 radical (unpaired) electrons. The third-order valence-electron chi connectivity index (χ3n) is 2.74. The number of amides is 1. The number of carbonyl (C=O) groups is 1. The number of phenolic OH excluding ortho intramolecular Hbond substituents is 1. The third-order valence-corrected chi connectivity index (χ3v) is 2.74. The van der Waals surface area contributed by atoms with Crippen LogP contribution in [-0.4, -0.2) is 29.5 Å². The average molecular weight is 221 g/mol. The monoisotopic (exact) mass is 221 g/mol. The zero-order valence-corrected chi connectivity index (χ0v) is 10.1. The highest BCUT2D eigenvalue weighted by molar-refractivity contribution is 5.94. The molecule has 0 aliphatic heterocycles. The Kier molecular flexibility index (Phi) is 4.35. The minimum absolute atomic E-state index is 0.000278. The summed E-state index contributed by atoms with van der Waals surface area (Å²) in [6.45, 7) is 5.00. The maximum atomic E-state index is 12.0. The largest absolute Gasteiger partial charge is 0.508 e. The quantitative estimate of drug-likeness (QED) is 0.848. The highest BCUT2D eigenvalue weighted by Crippen LogP contribution is 2.12. The van der Waals surface area contributed by atoms with E-state index in [2.05, 4.69) is 13.8 Å². The molecule has 16 heavy (non-hydrogen) atoms. The smallest absolute Gasteiger partial charge is 0.253 e. The zero-order chi connectivity index (χ0) is 12.1. The van der Waals surface area contributed by atoms with Crippen molar-refractivity contribution in [3.05, 3.63) is 29.8 Å². The Labute approximate surface area is 96.7 Å². The first-order valence-corrected chi connectivity index (χ1v) is 5.59. The second-order valence-electron chi connectivity index (χ2n) is 4.25. The molecule has 0 saturated heterocycles. The summed E-state index contributed by atoms with van der Waals surface area (Å²) in [5, 5.41) is 9.14. The van der Waals surface area contributed by atoms with E-state index in [1.807, 2.05) is 0 Å². The van der Waals surface area contributed by atoms with Crippen molar-refractivity contribution in [3.63, 3.8) is 0 Å². The lowest BCUT2D eigenvalue weighted by Gasteiger charge is -2.20. The number of hydrogen-bond donors (Lipinski definition) is 1. The third kappa shape index (κ3) is 3.26. The van der Waals surface area contributed by atoms with Gasteiger partial charge in [0.2, 0.25) is 0 Å². The van der Waals surface area contributed by atoms with E-state index in [0.29, 0.717) is 11.5 Å². The Bertz CT molecular complexity index is 345. The first-order valence-electron chi connectivity index (χ1n) is 5.59. The topological polar surface area (TPSA) is 40.5 Å². The number of aromatic hydroxyl groups is 1. The van der Waals surface area contributed by atoms with Crippen LogP contribution < -0.4 is 0 Å². The molecule has 3 heteroatoms. The molecule has 1 N–H and O–H groups in total. The molecule has 88 valence electrons. The number of rotatable bonds is 4. The molecule has 1 unspecified atom stereocenters. The van der Waals surface area contributed by atoms with Gasteiger partial charge in [-0.3, -0.25) is 4.79 Å². The summed E-state index contributed by atoms with van der Waals surface area (Å²) in [5.41, 5.74) is 0.614. The molecule has 1 atom stereocenters. The number of nitrogens with zero attached hydrogens (tertiary/aromatic N) is 1. The summed E-state index contributed by atoms with van der Waals surface area (Å²) in [6.07, 6.45) is 1.06. The molecule has 0 aliphatic rings. The van der Waals surface area contributed by atoms with Gasteiger partial charge in [-0.15, -0.1) is 0 Å².